The van der Waals surface area contributed by atoms with E-state index in [1.165, 1.54) is 0 Å². The van der Waals surface area contributed by atoms with Crippen LogP contribution in [0.15, 0.2) is 54.6 Å². The summed E-state index contributed by atoms with van der Waals surface area (Å²) in [6.07, 6.45) is 0.964. The number of hydrogen-bond donors (Lipinski definition) is 1. The maximum Gasteiger partial charge on any atom is 0.410 e. The van der Waals surface area contributed by atoms with Gasteiger partial charge in [-0.1, -0.05) is 30.3 Å². The van der Waals surface area contributed by atoms with Gasteiger partial charge in [-0.2, -0.15) is 0 Å². The average molecular weight is 532 g/mol. The van der Waals surface area contributed by atoms with Crippen molar-refractivity contribution in [1.29, 1.82) is 0 Å². The van der Waals surface area contributed by atoms with E-state index in [0.717, 1.165) is 59.7 Å². The molecule has 2 aromatic carbocycles. The van der Waals surface area contributed by atoms with E-state index < -0.39 is 0 Å². The van der Waals surface area contributed by atoms with E-state index in [4.69, 9.17) is 14.5 Å². The highest BCUT2D eigenvalue weighted by molar-refractivity contribution is 5.95. The molecule has 5 rings (SSSR count). The number of piperazine rings is 1. The molecule has 0 aliphatic carbocycles. The van der Waals surface area contributed by atoms with Crippen molar-refractivity contribution in [3.05, 3.63) is 65.7 Å². The number of nitrogens with one attached hydrogen (secondary N) is 1. The van der Waals surface area contributed by atoms with Gasteiger partial charge in [-0.05, 0) is 62.2 Å². The molecule has 0 saturated carbocycles. The van der Waals surface area contributed by atoms with E-state index in [2.05, 4.69) is 35.2 Å². The van der Waals surface area contributed by atoms with E-state index in [1.807, 2.05) is 48.5 Å². The lowest BCUT2D eigenvalue weighted by atomic mass is 10.1. The standard InChI is InChI=1S/C30H37N5O4/c1-22-18-28(34-16-14-33(2)15-17-34)32-27-9-8-24(19-26(22)27)31-29(36)21-38-25-10-12-35(13-11-25)30(37)39-20-23-6-4-3-5-7-23/h3-9,18-19,25H,10-17,20-21H2,1-2H3,(H,31,36). The molecule has 2 saturated heterocycles. The third kappa shape index (κ3) is 7.04. The molecule has 0 spiro atoms. The quantitative estimate of drug-likeness (QED) is 0.492. The molecule has 2 aliphatic heterocycles. The third-order valence-electron chi connectivity index (χ3n) is 7.47. The van der Waals surface area contributed by atoms with Crippen LogP contribution in [0, 0.1) is 6.92 Å². The minimum absolute atomic E-state index is 0.0270. The van der Waals surface area contributed by atoms with Crippen molar-refractivity contribution in [1.82, 2.24) is 14.8 Å². The second-order valence-electron chi connectivity index (χ2n) is 10.4. The molecule has 3 aromatic rings. The molecule has 39 heavy (non-hydrogen) atoms. The molecule has 2 fully saturated rings. The van der Waals surface area contributed by atoms with Gasteiger partial charge in [0.05, 0.1) is 11.6 Å². The molecule has 2 aliphatic rings. The van der Waals surface area contributed by atoms with E-state index in [9.17, 15) is 9.59 Å². The van der Waals surface area contributed by atoms with Crippen LogP contribution in [0.25, 0.3) is 10.9 Å². The Kier molecular flexibility index (Phi) is 8.58. The first-order chi connectivity index (χ1) is 18.9. The lowest BCUT2D eigenvalue weighted by Gasteiger charge is -2.33. The highest BCUT2D eigenvalue weighted by Gasteiger charge is 2.25. The van der Waals surface area contributed by atoms with Crippen molar-refractivity contribution in [2.45, 2.75) is 32.5 Å². The van der Waals surface area contributed by atoms with Crippen LogP contribution in [0.4, 0.5) is 16.3 Å². The third-order valence-corrected chi connectivity index (χ3v) is 7.47. The normalized spacial score (nSPS) is 16.9. The Morgan fingerprint density at radius 3 is 2.46 bits per heavy atom. The van der Waals surface area contributed by atoms with Crippen LogP contribution in [0.3, 0.4) is 0 Å². The van der Waals surface area contributed by atoms with Gasteiger partial charge in [-0.3, -0.25) is 4.79 Å². The van der Waals surface area contributed by atoms with Gasteiger partial charge in [0.25, 0.3) is 0 Å². The van der Waals surface area contributed by atoms with Crippen molar-refractivity contribution in [3.8, 4) is 0 Å². The second kappa shape index (κ2) is 12.4. The first-order valence-electron chi connectivity index (χ1n) is 13.7. The number of nitrogens with zero attached hydrogens (tertiary/aromatic N) is 4. The van der Waals surface area contributed by atoms with Crippen LogP contribution in [0.5, 0.6) is 0 Å². The number of pyridine rings is 1. The van der Waals surface area contributed by atoms with Gasteiger partial charge in [-0.15, -0.1) is 0 Å². The Balaban J connectivity index is 1.07. The number of likely N-dealkylation sites (N-methyl/N-ethyl adjacent to an activating group) is 1. The van der Waals surface area contributed by atoms with Crippen molar-refractivity contribution in [2.75, 3.05) is 63.1 Å². The number of hydrogen-bond acceptors (Lipinski definition) is 7. The van der Waals surface area contributed by atoms with Gasteiger partial charge in [0, 0.05) is 50.3 Å². The molecular weight excluding hydrogens is 494 g/mol. The van der Waals surface area contributed by atoms with Gasteiger partial charge in [0.1, 0.15) is 19.0 Å². The highest BCUT2D eigenvalue weighted by Crippen LogP contribution is 2.26. The number of ether oxygens (including phenoxy) is 2. The Hall–Kier alpha value is -3.69. The van der Waals surface area contributed by atoms with Gasteiger partial charge >= 0.3 is 6.09 Å². The monoisotopic (exact) mass is 531 g/mol. The summed E-state index contributed by atoms with van der Waals surface area (Å²) in [5, 5.41) is 3.98. The number of anilines is 2. The van der Waals surface area contributed by atoms with Crippen molar-refractivity contribution < 1.29 is 19.1 Å². The van der Waals surface area contributed by atoms with Crippen LogP contribution < -0.4 is 10.2 Å². The first kappa shape index (κ1) is 26.9. The Labute approximate surface area is 229 Å². The molecule has 0 radical (unpaired) electrons. The lowest BCUT2D eigenvalue weighted by Crippen LogP contribution is -2.44. The molecule has 9 nitrogen and oxygen atoms in total. The maximum absolute atomic E-state index is 12.6. The fourth-order valence-corrected chi connectivity index (χ4v) is 5.06. The lowest BCUT2D eigenvalue weighted by molar-refractivity contribution is -0.123. The summed E-state index contributed by atoms with van der Waals surface area (Å²) < 4.78 is 11.3. The summed E-state index contributed by atoms with van der Waals surface area (Å²) >= 11 is 0. The van der Waals surface area contributed by atoms with E-state index in [1.54, 1.807) is 4.90 Å². The van der Waals surface area contributed by atoms with Crippen molar-refractivity contribution in [2.24, 2.45) is 0 Å². The average Bonchev–Trinajstić information content (AvgIpc) is 2.96. The zero-order valence-electron chi connectivity index (χ0n) is 22.8. The number of rotatable bonds is 7. The smallest absolute Gasteiger partial charge is 0.410 e. The number of piperidine rings is 1. The minimum atomic E-state index is -0.313. The van der Waals surface area contributed by atoms with Gasteiger partial charge in [0.15, 0.2) is 0 Å². The van der Waals surface area contributed by atoms with Crippen LogP contribution >= 0.6 is 0 Å². The molecule has 0 bridgehead atoms. The molecule has 0 unspecified atom stereocenters. The SMILES string of the molecule is Cc1cc(N2CCN(C)CC2)nc2ccc(NC(=O)COC3CCN(C(=O)OCc4ccccc4)CC3)cc12. The molecule has 3 heterocycles. The number of aromatic nitrogens is 1. The maximum atomic E-state index is 12.6. The summed E-state index contributed by atoms with van der Waals surface area (Å²) in [6.45, 7) is 7.43. The summed E-state index contributed by atoms with van der Waals surface area (Å²) in [5.41, 5.74) is 3.75. The number of likely N-dealkylation sites (tertiary alicyclic amines) is 1. The molecular formula is C30H37N5O4. The minimum Gasteiger partial charge on any atom is -0.445 e. The fraction of sp³-hybridized carbons (Fsp3) is 0.433. The largest absolute Gasteiger partial charge is 0.445 e. The predicted octanol–water partition coefficient (Wildman–Crippen LogP) is 4.05. The van der Waals surface area contributed by atoms with Gasteiger partial charge < -0.3 is 29.5 Å². The van der Waals surface area contributed by atoms with Gasteiger partial charge in [-0.25, -0.2) is 9.78 Å². The predicted molar refractivity (Wildman–Crippen MR) is 152 cm³/mol. The highest BCUT2D eigenvalue weighted by atomic mass is 16.6. The number of fused-ring (bicyclic) bond motifs is 1. The molecule has 9 heteroatoms. The Bertz CT molecular complexity index is 1290. The fourth-order valence-electron chi connectivity index (χ4n) is 5.06. The number of carbonyl (C=O) groups excluding carboxylic acids is 2. The summed E-state index contributed by atoms with van der Waals surface area (Å²) in [5.74, 6) is 0.813. The van der Waals surface area contributed by atoms with Crippen LogP contribution in [0.1, 0.15) is 24.0 Å². The van der Waals surface area contributed by atoms with E-state index >= 15 is 0 Å². The zero-order valence-corrected chi connectivity index (χ0v) is 22.8. The topological polar surface area (TPSA) is 87.2 Å². The summed E-state index contributed by atoms with van der Waals surface area (Å²) in [4.78, 5) is 36.2. The molecule has 1 N–H and O–H groups in total. The molecule has 0 atom stereocenters. The van der Waals surface area contributed by atoms with E-state index in [-0.39, 0.29) is 31.3 Å². The Morgan fingerprint density at radius 2 is 1.72 bits per heavy atom. The van der Waals surface area contributed by atoms with Gasteiger partial charge in [0.2, 0.25) is 5.91 Å². The van der Waals surface area contributed by atoms with Crippen molar-refractivity contribution >= 4 is 34.4 Å². The van der Waals surface area contributed by atoms with Crippen LogP contribution in [-0.2, 0) is 20.9 Å². The van der Waals surface area contributed by atoms with E-state index in [0.29, 0.717) is 25.9 Å². The zero-order chi connectivity index (χ0) is 27.2. The van der Waals surface area contributed by atoms with Crippen molar-refractivity contribution in [3.63, 3.8) is 0 Å². The van der Waals surface area contributed by atoms with Crippen LogP contribution in [0.2, 0.25) is 0 Å². The molecule has 2 amide bonds. The first-order valence-corrected chi connectivity index (χ1v) is 13.7. The number of carbonyl (C=O) groups is 2. The molecule has 1 aromatic heterocycles. The molecule has 206 valence electrons. The number of amides is 2. The number of aryl methyl sites for hydroxylation is 1. The summed E-state index contributed by atoms with van der Waals surface area (Å²) in [7, 11) is 2.15. The van der Waals surface area contributed by atoms with Crippen LogP contribution in [-0.4, -0.2) is 85.8 Å². The number of benzene rings is 2. The second-order valence-corrected chi connectivity index (χ2v) is 10.4. The Morgan fingerprint density at radius 1 is 0.974 bits per heavy atom. The summed E-state index contributed by atoms with van der Waals surface area (Å²) in [6, 6.07) is 17.6.